The predicted molar refractivity (Wildman–Crippen MR) is 76.7 cm³/mol. The van der Waals surface area contributed by atoms with Crippen molar-refractivity contribution in [2.45, 2.75) is 11.3 Å². The van der Waals surface area contributed by atoms with Crippen LogP contribution in [0.3, 0.4) is 0 Å². The lowest BCUT2D eigenvalue weighted by molar-refractivity contribution is 0.185. The molecule has 20 heavy (non-hydrogen) atoms. The molecule has 6 heteroatoms. The van der Waals surface area contributed by atoms with Crippen LogP contribution in [-0.4, -0.2) is 51.7 Å². The lowest BCUT2D eigenvalue weighted by Gasteiger charge is -2.17. The highest BCUT2D eigenvalue weighted by atomic mass is 32.2. The van der Waals surface area contributed by atoms with E-state index in [-0.39, 0.29) is 18.0 Å². The summed E-state index contributed by atoms with van der Waals surface area (Å²) in [5.41, 5.74) is 0.435. The average molecular weight is 297 g/mol. The largest absolute Gasteiger partial charge is 0.395 e. The third kappa shape index (κ3) is 4.32. The second kappa shape index (κ2) is 8.02. The van der Waals surface area contributed by atoms with E-state index in [4.69, 9.17) is 9.84 Å². The van der Waals surface area contributed by atoms with Gasteiger partial charge < -0.3 is 9.84 Å². The van der Waals surface area contributed by atoms with Gasteiger partial charge in [-0.25, -0.2) is 8.42 Å². The van der Waals surface area contributed by atoms with Gasteiger partial charge in [0.25, 0.3) is 0 Å². The summed E-state index contributed by atoms with van der Waals surface area (Å²) < 4.78 is 31.0. The van der Waals surface area contributed by atoms with Crippen molar-refractivity contribution in [1.29, 1.82) is 0 Å². The molecule has 1 aromatic carbocycles. The number of nitrogens with zero attached hydrogens (tertiary/aromatic N) is 1. The van der Waals surface area contributed by atoms with Gasteiger partial charge in [-0.05, 0) is 12.1 Å². The van der Waals surface area contributed by atoms with Gasteiger partial charge in [0, 0.05) is 32.7 Å². The Labute approximate surface area is 120 Å². The molecule has 0 amide bonds. The summed E-state index contributed by atoms with van der Waals surface area (Å²) >= 11 is 0. The number of ether oxygens (including phenoxy) is 1. The third-order valence-corrected chi connectivity index (χ3v) is 4.56. The second-order valence-corrected chi connectivity index (χ2v) is 6.10. The van der Waals surface area contributed by atoms with E-state index in [9.17, 15) is 8.42 Å². The number of aliphatic hydroxyl groups excluding tert-OH is 1. The number of rotatable bonds is 6. The normalized spacial score (nSPS) is 11.2. The minimum Gasteiger partial charge on any atom is -0.395 e. The Morgan fingerprint density at radius 3 is 2.70 bits per heavy atom. The number of methoxy groups -OCH3 is 1. The molecule has 0 bridgehead atoms. The van der Waals surface area contributed by atoms with Crippen LogP contribution in [0.25, 0.3) is 0 Å². The Bertz CT molecular complexity index is 587. The molecule has 0 unspecified atom stereocenters. The lowest BCUT2D eigenvalue weighted by atomic mass is 10.2. The van der Waals surface area contributed by atoms with Gasteiger partial charge in [-0.2, -0.15) is 4.31 Å². The van der Waals surface area contributed by atoms with Crippen LogP contribution < -0.4 is 0 Å². The molecule has 0 aliphatic rings. The molecule has 0 fully saturated rings. The van der Waals surface area contributed by atoms with Crippen molar-refractivity contribution in [2.75, 3.05) is 33.9 Å². The van der Waals surface area contributed by atoms with E-state index in [1.54, 1.807) is 18.2 Å². The maximum atomic E-state index is 12.4. The average Bonchev–Trinajstić information content (AvgIpc) is 2.45. The molecule has 0 aliphatic carbocycles. The first-order valence-electron chi connectivity index (χ1n) is 6.18. The van der Waals surface area contributed by atoms with Crippen LogP contribution in [0.2, 0.25) is 0 Å². The maximum Gasteiger partial charge on any atom is 0.244 e. The van der Waals surface area contributed by atoms with Crippen molar-refractivity contribution in [3.05, 3.63) is 29.8 Å². The molecule has 0 atom stereocenters. The van der Waals surface area contributed by atoms with E-state index in [1.165, 1.54) is 24.5 Å². The smallest absolute Gasteiger partial charge is 0.244 e. The molecule has 110 valence electrons. The molecule has 0 saturated carbocycles. The molecule has 0 radical (unpaired) electrons. The number of hydrogen-bond donors (Lipinski definition) is 1. The van der Waals surface area contributed by atoms with Gasteiger partial charge in [-0.3, -0.25) is 0 Å². The Kier molecular flexibility index (Phi) is 6.68. The van der Waals surface area contributed by atoms with Gasteiger partial charge in [0.05, 0.1) is 18.1 Å². The fourth-order valence-corrected chi connectivity index (χ4v) is 2.81. The van der Waals surface area contributed by atoms with Gasteiger partial charge >= 0.3 is 0 Å². The summed E-state index contributed by atoms with van der Waals surface area (Å²) in [6, 6.07) is 6.58. The van der Waals surface area contributed by atoms with Crippen LogP contribution in [0.15, 0.2) is 29.2 Å². The molecule has 0 aromatic heterocycles. The SMILES string of the molecule is COCCN(C)S(=O)(=O)c1ccccc1C#CCCO. The zero-order valence-electron chi connectivity index (χ0n) is 11.7. The van der Waals surface area contributed by atoms with Crippen LogP contribution in [0, 0.1) is 11.8 Å². The fourth-order valence-electron chi connectivity index (χ4n) is 1.52. The molecular weight excluding hydrogens is 278 g/mol. The lowest BCUT2D eigenvalue weighted by Crippen LogP contribution is -2.30. The van der Waals surface area contributed by atoms with Crippen molar-refractivity contribution >= 4 is 10.0 Å². The molecule has 1 rings (SSSR count). The monoisotopic (exact) mass is 297 g/mol. The van der Waals surface area contributed by atoms with E-state index in [0.29, 0.717) is 18.6 Å². The Morgan fingerprint density at radius 1 is 1.35 bits per heavy atom. The summed E-state index contributed by atoms with van der Waals surface area (Å²) in [6.45, 7) is 0.557. The standard InChI is InChI=1S/C14H19NO4S/c1-15(10-12-19-2)20(17,18)14-9-4-3-7-13(14)8-5-6-11-16/h3-4,7,9,16H,6,10-12H2,1-2H3. The summed E-state index contributed by atoms with van der Waals surface area (Å²) in [5.74, 6) is 5.52. The van der Waals surface area contributed by atoms with Crippen molar-refractivity contribution in [3.63, 3.8) is 0 Å². The first-order valence-corrected chi connectivity index (χ1v) is 7.62. The number of aliphatic hydroxyl groups is 1. The van der Waals surface area contributed by atoms with Gasteiger partial charge in [-0.1, -0.05) is 24.0 Å². The highest BCUT2D eigenvalue weighted by molar-refractivity contribution is 7.89. The summed E-state index contributed by atoms with van der Waals surface area (Å²) in [7, 11) is -0.562. The predicted octanol–water partition coefficient (Wildman–Crippen LogP) is 0.687. The third-order valence-electron chi connectivity index (χ3n) is 2.65. The van der Waals surface area contributed by atoms with Gasteiger partial charge in [-0.15, -0.1) is 0 Å². The quantitative estimate of drug-likeness (QED) is 0.785. The molecule has 1 N–H and O–H groups in total. The van der Waals surface area contributed by atoms with Crippen LogP contribution in [0.4, 0.5) is 0 Å². The fraction of sp³-hybridized carbons (Fsp3) is 0.429. The van der Waals surface area contributed by atoms with Gasteiger partial charge in [0.2, 0.25) is 10.0 Å². The minimum absolute atomic E-state index is 0.0460. The van der Waals surface area contributed by atoms with E-state index in [2.05, 4.69) is 11.8 Å². The summed E-state index contributed by atoms with van der Waals surface area (Å²) in [5, 5.41) is 8.72. The van der Waals surface area contributed by atoms with Crippen molar-refractivity contribution in [1.82, 2.24) is 4.31 Å². The van der Waals surface area contributed by atoms with Crippen molar-refractivity contribution in [2.24, 2.45) is 0 Å². The molecule has 0 saturated heterocycles. The first-order chi connectivity index (χ1) is 9.54. The van der Waals surface area contributed by atoms with E-state index in [1.807, 2.05) is 0 Å². The van der Waals surface area contributed by atoms with E-state index < -0.39 is 10.0 Å². The minimum atomic E-state index is -3.59. The number of benzene rings is 1. The Hall–Kier alpha value is -1.39. The Morgan fingerprint density at radius 2 is 2.05 bits per heavy atom. The van der Waals surface area contributed by atoms with Gasteiger partial charge in [0.15, 0.2) is 0 Å². The van der Waals surface area contributed by atoms with Crippen molar-refractivity contribution < 1.29 is 18.3 Å². The first kappa shape index (κ1) is 16.7. The highest BCUT2D eigenvalue weighted by Crippen LogP contribution is 2.18. The van der Waals surface area contributed by atoms with Crippen LogP contribution >= 0.6 is 0 Å². The van der Waals surface area contributed by atoms with Gasteiger partial charge in [0.1, 0.15) is 0 Å². The number of likely N-dealkylation sites (N-methyl/N-ethyl adjacent to an activating group) is 1. The number of sulfonamides is 1. The zero-order valence-corrected chi connectivity index (χ0v) is 12.5. The van der Waals surface area contributed by atoms with Crippen LogP contribution in [0.5, 0.6) is 0 Å². The summed E-state index contributed by atoms with van der Waals surface area (Å²) in [6.07, 6.45) is 0.313. The topological polar surface area (TPSA) is 66.8 Å². The molecule has 5 nitrogen and oxygen atoms in total. The van der Waals surface area contributed by atoms with E-state index >= 15 is 0 Å². The Balaban J connectivity index is 3.09. The second-order valence-electron chi connectivity index (χ2n) is 4.09. The number of hydrogen-bond acceptors (Lipinski definition) is 4. The molecular formula is C14H19NO4S. The molecule has 0 heterocycles. The molecule has 0 spiro atoms. The molecule has 1 aromatic rings. The summed E-state index contributed by atoms with van der Waals surface area (Å²) in [4.78, 5) is 0.170. The molecule has 0 aliphatic heterocycles. The van der Waals surface area contributed by atoms with Crippen molar-refractivity contribution in [3.8, 4) is 11.8 Å². The zero-order chi connectivity index (χ0) is 15.0. The van der Waals surface area contributed by atoms with Crippen LogP contribution in [0.1, 0.15) is 12.0 Å². The highest BCUT2D eigenvalue weighted by Gasteiger charge is 2.22. The van der Waals surface area contributed by atoms with E-state index in [0.717, 1.165) is 0 Å². The maximum absolute atomic E-state index is 12.4. The van der Waals surface area contributed by atoms with Crippen LogP contribution in [-0.2, 0) is 14.8 Å².